The van der Waals surface area contributed by atoms with E-state index in [2.05, 4.69) is 36.4 Å². The van der Waals surface area contributed by atoms with Crippen molar-refractivity contribution >= 4 is 33.4 Å². The topological polar surface area (TPSA) is 78.4 Å². The van der Waals surface area contributed by atoms with E-state index < -0.39 is 6.23 Å². The number of aromatic nitrogens is 3. The molecule has 1 aromatic heterocycles. The van der Waals surface area contributed by atoms with Gasteiger partial charge in [0.15, 0.2) is 23.4 Å². The van der Waals surface area contributed by atoms with Crippen LogP contribution in [0.2, 0.25) is 0 Å². The lowest BCUT2D eigenvalue weighted by Crippen LogP contribution is -2.17. The van der Waals surface area contributed by atoms with Crippen molar-refractivity contribution in [1.82, 2.24) is 15.2 Å². The van der Waals surface area contributed by atoms with E-state index in [4.69, 9.17) is 14.2 Å². The first-order valence-electron chi connectivity index (χ1n) is 8.72. The van der Waals surface area contributed by atoms with Crippen molar-refractivity contribution in [2.24, 2.45) is 0 Å². The van der Waals surface area contributed by atoms with Crippen LogP contribution in [0.1, 0.15) is 18.7 Å². The van der Waals surface area contributed by atoms with Crippen LogP contribution in [0.25, 0.3) is 11.3 Å². The van der Waals surface area contributed by atoms with E-state index in [1.54, 1.807) is 0 Å². The second-order valence-electron chi connectivity index (χ2n) is 6.10. The molecule has 28 heavy (non-hydrogen) atoms. The Hall–Kier alpha value is -2.52. The predicted molar refractivity (Wildman–Crippen MR) is 109 cm³/mol. The van der Waals surface area contributed by atoms with Gasteiger partial charge in [0.25, 0.3) is 0 Å². The molecule has 2 aliphatic heterocycles. The van der Waals surface area contributed by atoms with Gasteiger partial charge in [-0.05, 0) is 24.0 Å². The van der Waals surface area contributed by atoms with Crippen LogP contribution in [0.5, 0.6) is 17.4 Å². The number of anilines is 1. The van der Waals surface area contributed by atoms with Gasteiger partial charge in [0.1, 0.15) is 0 Å². The first kappa shape index (κ1) is 17.6. The fraction of sp³-hybridized carbons (Fsp3) is 0.211. The van der Waals surface area contributed by atoms with Gasteiger partial charge in [0, 0.05) is 21.3 Å². The Morgan fingerprint density at radius 3 is 2.86 bits per heavy atom. The van der Waals surface area contributed by atoms with E-state index in [0.29, 0.717) is 28.2 Å². The summed E-state index contributed by atoms with van der Waals surface area (Å²) in [5, 5.41) is 12.7. The lowest BCUT2D eigenvalue weighted by molar-refractivity contribution is 0.173. The average molecular weight is 459 g/mol. The number of fused-ring (bicyclic) bond motifs is 4. The smallest absolute Gasteiger partial charge is 0.247 e. The Bertz CT molecular complexity index is 1070. The van der Waals surface area contributed by atoms with E-state index in [1.807, 2.05) is 43.3 Å². The molecular formula is C19H15BrN4O3S. The minimum atomic E-state index is -0.498. The van der Waals surface area contributed by atoms with Gasteiger partial charge in [-0.25, -0.2) is 0 Å². The molecule has 0 fully saturated rings. The molecule has 0 aliphatic carbocycles. The van der Waals surface area contributed by atoms with Crippen LogP contribution in [-0.2, 0) is 0 Å². The zero-order valence-electron chi connectivity index (χ0n) is 14.8. The third kappa shape index (κ3) is 3.04. The van der Waals surface area contributed by atoms with Crippen LogP contribution in [0.3, 0.4) is 0 Å². The maximum atomic E-state index is 6.29. The number of rotatable bonds is 3. The molecule has 2 aromatic carbocycles. The molecule has 0 amide bonds. The van der Waals surface area contributed by atoms with Crippen LogP contribution in [0.15, 0.2) is 46.0 Å². The summed E-state index contributed by atoms with van der Waals surface area (Å²) in [7, 11) is 0. The maximum Gasteiger partial charge on any atom is 0.247 e. The lowest BCUT2D eigenvalue weighted by atomic mass is 10.1. The second kappa shape index (κ2) is 7.14. The molecule has 1 N–H and O–H groups in total. The number of nitrogens with one attached hydrogen (secondary N) is 1. The van der Waals surface area contributed by atoms with Crippen LogP contribution in [0.4, 0.5) is 5.69 Å². The largest absolute Gasteiger partial charge is 0.454 e. The molecule has 3 aromatic rings. The van der Waals surface area contributed by atoms with Gasteiger partial charge < -0.3 is 19.5 Å². The van der Waals surface area contributed by atoms with Crippen molar-refractivity contribution in [3.8, 4) is 28.6 Å². The predicted octanol–water partition coefficient (Wildman–Crippen LogP) is 4.64. The summed E-state index contributed by atoms with van der Waals surface area (Å²) < 4.78 is 18.1. The zero-order chi connectivity index (χ0) is 19.1. The first-order valence-corrected chi connectivity index (χ1v) is 10.5. The number of hydrogen-bond acceptors (Lipinski definition) is 8. The molecule has 142 valence electrons. The van der Waals surface area contributed by atoms with Crippen LogP contribution < -0.4 is 19.5 Å². The van der Waals surface area contributed by atoms with E-state index in [1.165, 1.54) is 11.8 Å². The van der Waals surface area contributed by atoms with Crippen LogP contribution >= 0.6 is 27.7 Å². The molecular weight excluding hydrogens is 444 g/mol. The minimum Gasteiger partial charge on any atom is -0.454 e. The molecule has 0 bridgehead atoms. The van der Waals surface area contributed by atoms with E-state index in [0.717, 1.165) is 27.0 Å². The Balaban J connectivity index is 1.63. The first-order chi connectivity index (χ1) is 13.7. The summed E-state index contributed by atoms with van der Waals surface area (Å²) in [5.41, 5.74) is 3.27. The Morgan fingerprint density at radius 2 is 2.00 bits per heavy atom. The average Bonchev–Trinajstić information content (AvgIpc) is 3.08. The van der Waals surface area contributed by atoms with Crippen molar-refractivity contribution in [3.63, 3.8) is 0 Å². The molecule has 0 saturated carbocycles. The van der Waals surface area contributed by atoms with Crippen molar-refractivity contribution in [2.45, 2.75) is 18.3 Å². The quantitative estimate of drug-likeness (QED) is 0.568. The Kier molecular flexibility index (Phi) is 4.48. The SMILES string of the molecule is CCSc1nnc2c(n1)O[C@@H](c1cc3c(cc1Br)OCO3)Nc1ccccc1-2. The molecule has 0 saturated heterocycles. The fourth-order valence-electron chi connectivity index (χ4n) is 3.11. The molecule has 0 unspecified atom stereocenters. The normalized spacial score (nSPS) is 16.4. The maximum absolute atomic E-state index is 6.29. The van der Waals surface area contributed by atoms with Crippen molar-refractivity contribution < 1.29 is 14.2 Å². The number of halogens is 1. The number of ether oxygens (including phenoxy) is 3. The van der Waals surface area contributed by atoms with Gasteiger partial charge in [-0.15, -0.1) is 10.2 Å². The molecule has 0 spiro atoms. The second-order valence-corrected chi connectivity index (χ2v) is 8.18. The highest BCUT2D eigenvalue weighted by Crippen LogP contribution is 2.44. The molecule has 7 nitrogen and oxygen atoms in total. The highest BCUT2D eigenvalue weighted by Gasteiger charge is 2.29. The summed E-state index contributed by atoms with van der Waals surface area (Å²) in [6.45, 7) is 2.26. The fourth-order valence-corrected chi connectivity index (χ4v) is 4.15. The third-order valence-corrected chi connectivity index (χ3v) is 5.79. The van der Waals surface area contributed by atoms with Gasteiger partial charge in [-0.1, -0.05) is 52.8 Å². The highest BCUT2D eigenvalue weighted by atomic mass is 79.9. The molecule has 9 heteroatoms. The van der Waals surface area contributed by atoms with Gasteiger partial charge in [0.2, 0.25) is 17.8 Å². The molecule has 2 aliphatic rings. The highest BCUT2D eigenvalue weighted by molar-refractivity contribution is 9.10. The van der Waals surface area contributed by atoms with Gasteiger partial charge >= 0.3 is 0 Å². The Labute approximate surface area is 174 Å². The molecule has 5 rings (SSSR count). The Morgan fingerprint density at radius 1 is 1.18 bits per heavy atom. The molecule has 0 radical (unpaired) electrons. The summed E-state index contributed by atoms with van der Waals surface area (Å²) in [5.74, 6) is 2.69. The number of thioether (sulfide) groups is 1. The van der Waals surface area contributed by atoms with E-state index in [9.17, 15) is 0 Å². The minimum absolute atomic E-state index is 0.213. The van der Waals surface area contributed by atoms with Gasteiger partial charge in [-0.2, -0.15) is 4.98 Å². The van der Waals surface area contributed by atoms with Crippen molar-refractivity contribution in [3.05, 3.63) is 46.4 Å². The van der Waals surface area contributed by atoms with Gasteiger partial charge in [0.05, 0.1) is 0 Å². The standard InChI is InChI=1S/C19H15BrN4O3S/c1-2-28-19-22-18-16(23-24-19)10-5-3-4-6-13(10)21-17(27-18)11-7-14-15(8-12(11)20)26-9-25-14/h3-8,17,21H,2,9H2,1H3/t17-/m0/s1. The van der Waals surface area contributed by atoms with E-state index in [-0.39, 0.29) is 6.79 Å². The van der Waals surface area contributed by atoms with Crippen molar-refractivity contribution in [2.75, 3.05) is 17.9 Å². The molecule has 1 atom stereocenters. The number of hydrogen-bond donors (Lipinski definition) is 1. The van der Waals surface area contributed by atoms with Crippen molar-refractivity contribution in [1.29, 1.82) is 0 Å². The number of benzene rings is 2. The number of nitrogens with zero attached hydrogens (tertiary/aromatic N) is 3. The summed E-state index contributed by atoms with van der Waals surface area (Å²) >= 11 is 5.14. The third-order valence-electron chi connectivity index (χ3n) is 4.38. The monoisotopic (exact) mass is 458 g/mol. The van der Waals surface area contributed by atoms with Gasteiger partial charge in [-0.3, -0.25) is 0 Å². The lowest BCUT2D eigenvalue weighted by Gasteiger charge is -2.20. The van der Waals surface area contributed by atoms with E-state index >= 15 is 0 Å². The van der Waals surface area contributed by atoms with Crippen LogP contribution in [0, 0.1) is 0 Å². The summed E-state index contributed by atoms with van der Waals surface area (Å²) in [6.07, 6.45) is -0.498. The molecule has 3 heterocycles. The summed E-state index contributed by atoms with van der Waals surface area (Å²) in [4.78, 5) is 4.60. The van der Waals surface area contributed by atoms with Crippen LogP contribution in [-0.4, -0.2) is 27.7 Å². The number of para-hydroxylation sites is 1. The summed E-state index contributed by atoms with van der Waals surface area (Å²) in [6, 6.07) is 11.7. The zero-order valence-corrected chi connectivity index (χ0v) is 17.2.